The van der Waals surface area contributed by atoms with Crippen LogP contribution in [0, 0.1) is 11.2 Å². The maximum atomic E-state index is 13.2. The van der Waals surface area contributed by atoms with Crippen LogP contribution >= 0.6 is 11.6 Å². The van der Waals surface area contributed by atoms with Crippen molar-refractivity contribution in [3.63, 3.8) is 0 Å². The van der Waals surface area contributed by atoms with E-state index < -0.39 is 11.9 Å². The van der Waals surface area contributed by atoms with Crippen molar-refractivity contribution in [3.8, 4) is 22.8 Å². The van der Waals surface area contributed by atoms with Crippen molar-refractivity contribution in [1.29, 1.82) is 0 Å². The number of aliphatic hydroxyl groups is 1. The number of halogens is 2. The van der Waals surface area contributed by atoms with Gasteiger partial charge >= 0.3 is 5.69 Å². The topological polar surface area (TPSA) is 90.9 Å². The molecule has 0 spiro atoms. The first kappa shape index (κ1) is 21.1. The largest absolute Gasteiger partial charge is 0.378 e. The van der Waals surface area contributed by atoms with E-state index in [0.717, 1.165) is 5.56 Å². The predicted octanol–water partition coefficient (Wildman–Crippen LogP) is 3.75. The Labute approximate surface area is 172 Å². The number of hydrogen-bond acceptors (Lipinski definition) is 5. The molecule has 1 atom stereocenters. The van der Waals surface area contributed by atoms with Gasteiger partial charge in [-0.3, -0.25) is 10.3 Å². The Morgan fingerprint density at radius 3 is 2.52 bits per heavy atom. The van der Waals surface area contributed by atoms with Crippen LogP contribution in [0.25, 0.3) is 22.8 Å². The van der Waals surface area contributed by atoms with Gasteiger partial charge < -0.3 is 5.11 Å². The minimum atomic E-state index is -0.689. The van der Waals surface area contributed by atoms with Crippen molar-refractivity contribution in [2.45, 2.75) is 33.5 Å². The minimum absolute atomic E-state index is 0.173. The van der Waals surface area contributed by atoms with Crippen molar-refractivity contribution in [2.24, 2.45) is 5.41 Å². The Morgan fingerprint density at radius 2 is 1.86 bits per heavy atom. The first-order chi connectivity index (χ1) is 13.6. The Balaban J connectivity index is 1.94. The molecule has 152 valence electrons. The molecule has 1 unspecified atom stereocenters. The monoisotopic (exact) mass is 416 g/mol. The lowest BCUT2D eigenvalue weighted by Gasteiger charge is -2.26. The highest BCUT2D eigenvalue weighted by atomic mass is 35.5. The number of nitrogens with one attached hydrogen (secondary N) is 2. The molecule has 0 saturated heterocycles. The van der Waals surface area contributed by atoms with Gasteiger partial charge in [-0.15, -0.1) is 0 Å². The third-order valence-corrected chi connectivity index (χ3v) is 4.69. The summed E-state index contributed by atoms with van der Waals surface area (Å²) in [5.41, 5.74) is 1.00. The van der Waals surface area contributed by atoms with Gasteiger partial charge in [-0.1, -0.05) is 38.4 Å². The second kappa shape index (κ2) is 8.41. The molecule has 1 aromatic heterocycles. The van der Waals surface area contributed by atoms with E-state index in [4.69, 9.17) is 11.6 Å². The SMILES string of the molecule is CC(C)(C)C(O)NCc1ccc(Cl)c(-c2nc(-c3ccc(F)cc3)nc(=O)[nH]2)c1. The highest BCUT2D eigenvalue weighted by Gasteiger charge is 2.21. The highest BCUT2D eigenvalue weighted by Crippen LogP contribution is 2.27. The van der Waals surface area contributed by atoms with Gasteiger partial charge in [0.1, 0.15) is 17.9 Å². The first-order valence-electron chi connectivity index (χ1n) is 9.08. The van der Waals surface area contributed by atoms with Crippen molar-refractivity contribution in [1.82, 2.24) is 20.3 Å². The third kappa shape index (κ3) is 5.26. The van der Waals surface area contributed by atoms with Crippen molar-refractivity contribution < 1.29 is 9.50 Å². The van der Waals surface area contributed by atoms with Gasteiger partial charge in [0.2, 0.25) is 0 Å². The summed E-state index contributed by atoms with van der Waals surface area (Å²) in [5, 5.41) is 13.6. The molecule has 0 radical (unpaired) electrons. The molecule has 29 heavy (non-hydrogen) atoms. The minimum Gasteiger partial charge on any atom is -0.378 e. The second-order valence-corrected chi connectivity index (χ2v) is 8.20. The maximum Gasteiger partial charge on any atom is 0.348 e. The summed E-state index contributed by atoms with van der Waals surface area (Å²) < 4.78 is 13.2. The predicted molar refractivity (Wildman–Crippen MR) is 111 cm³/mol. The molecule has 3 rings (SSSR count). The number of H-pyrrole nitrogens is 1. The summed E-state index contributed by atoms with van der Waals surface area (Å²) >= 11 is 6.34. The third-order valence-electron chi connectivity index (χ3n) is 4.36. The Hall–Kier alpha value is -2.61. The number of aromatic nitrogens is 3. The van der Waals surface area contributed by atoms with E-state index in [1.165, 1.54) is 24.3 Å². The number of nitrogens with zero attached hydrogens (tertiary/aromatic N) is 2. The summed E-state index contributed by atoms with van der Waals surface area (Å²) in [7, 11) is 0. The molecule has 1 heterocycles. The smallest absolute Gasteiger partial charge is 0.348 e. The fourth-order valence-electron chi connectivity index (χ4n) is 2.62. The Morgan fingerprint density at radius 1 is 1.17 bits per heavy atom. The molecular formula is C21H22ClFN4O2. The van der Waals surface area contributed by atoms with E-state index in [1.54, 1.807) is 12.1 Å². The number of aromatic amines is 1. The molecule has 0 fully saturated rings. The van der Waals surface area contributed by atoms with Crippen LogP contribution in [0.2, 0.25) is 5.02 Å². The van der Waals surface area contributed by atoms with E-state index in [9.17, 15) is 14.3 Å². The van der Waals surface area contributed by atoms with Gasteiger partial charge in [-0.2, -0.15) is 4.98 Å². The number of benzene rings is 2. The van der Waals surface area contributed by atoms with Crippen LogP contribution in [0.4, 0.5) is 4.39 Å². The normalized spacial score (nSPS) is 12.8. The van der Waals surface area contributed by atoms with Gasteiger partial charge in [0.25, 0.3) is 0 Å². The first-order valence-corrected chi connectivity index (χ1v) is 9.46. The van der Waals surface area contributed by atoms with Gasteiger partial charge in [0.05, 0.1) is 5.02 Å². The van der Waals surface area contributed by atoms with Crippen molar-refractivity contribution >= 4 is 11.6 Å². The molecular weight excluding hydrogens is 395 g/mol. The molecule has 3 aromatic rings. The summed E-state index contributed by atoms with van der Waals surface area (Å²) in [6.07, 6.45) is -0.689. The molecule has 0 saturated carbocycles. The molecule has 0 aliphatic rings. The van der Waals surface area contributed by atoms with E-state index in [0.29, 0.717) is 22.7 Å². The fourth-order valence-corrected chi connectivity index (χ4v) is 2.83. The maximum absolute atomic E-state index is 13.2. The molecule has 3 N–H and O–H groups in total. The van der Waals surface area contributed by atoms with Crippen molar-refractivity contribution in [2.75, 3.05) is 0 Å². The molecule has 0 aliphatic heterocycles. The molecule has 8 heteroatoms. The van der Waals surface area contributed by atoms with E-state index in [-0.39, 0.29) is 22.9 Å². The lowest BCUT2D eigenvalue weighted by molar-refractivity contribution is 0.0317. The molecule has 0 bridgehead atoms. The summed E-state index contributed by atoms with van der Waals surface area (Å²) in [5.74, 6) is 0.0403. The van der Waals surface area contributed by atoms with E-state index >= 15 is 0 Å². The summed E-state index contributed by atoms with van der Waals surface area (Å²) in [6.45, 7) is 6.20. The van der Waals surface area contributed by atoms with Gasteiger partial charge in [-0.05, 0) is 42.0 Å². The molecule has 6 nitrogen and oxygen atoms in total. The summed E-state index contributed by atoms with van der Waals surface area (Å²) in [6, 6.07) is 10.9. The zero-order valence-electron chi connectivity index (χ0n) is 16.3. The molecule has 0 amide bonds. The highest BCUT2D eigenvalue weighted by molar-refractivity contribution is 6.33. The summed E-state index contributed by atoms with van der Waals surface area (Å²) in [4.78, 5) is 22.9. The number of hydrogen-bond donors (Lipinski definition) is 3. The second-order valence-electron chi connectivity index (χ2n) is 7.80. The molecule has 2 aromatic carbocycles. The van der Waals surface area contributed by atoms with Gasteiger partial charge in [0.15, 0.2) is 5.82 Å². The lowest BCUT2D eigenvalue weighted by atomic mass is 9.94. The van der Waals surface area contributed by atoms with Crippen molar-refractivity contribution in [3.05, 3.63) is 69.4 Å². The zero-order chi connectivity index (χ0) is 21.2. The molecule has 0 aliphatic carbocycles. The number of rotatable bonds is 5. The Kier molecular flexibility index (Phi) is 6.12. The van der Waals surface area contributed by atoms with Crippen LogP contribution in [0.1, 0.15) is 26.3 Å². The van der Waals surface area contributed by atoms with Gasteiger partial charge in [-0.25, -0.2) is 14.2 Å². The number of aliphatic hydroxyl groups excluding tert-OH is 1. The van der Waals surface area contributed by atoms with Crippen LogP contribution in [-0.2, 0) is 6.54 Å². The van der Waals surface area contributed by atoms with Crippen LogP contribution in [0.15, 0.2) is 47.3 Å². The quantitative estimate of drug-likeness (QED) is 0.551. The van der Waals surface area contributed by atoms with Crippen LogP contribution < -0.4 is 11.0 Å². The average Bonchev–Trinajstić information content (AvgIpc) is 2.66. The van der Waals surface area contributed by atoms with E-state index in [1.807, 2.05) is 26.8 Å². The van der Waals surface area contributed by atoms with Crippen LogP contribution in [-0.4, -0.2) is 26.3 Å². The lowest BCUT2D eigenvalue weighted by Crippen LogP contribution is -2.39. The standard InChI is InChI=1S/C21H22ClFN4O2/c1-21(2,3)19(28)24-11-12-4-9-16(22)15(10-12)18-25-17(26-20(29)27-18)13-5-7-14(23)8-6-13/h4-10,19,24,28H,11H2,1-3H3,(H,25,26,27,29). The average molecular weight is 417 g/mol. The Bertz CT molecular complexity index is 1060. The zero-order valence-corrected chi connectivity index (χ0v) is 17.1. The van der Waals surface area contributed by atoms with Crippen LogP contribution in [0.3, 0.4) is 0 Å². The fraction of sp³-hybridized carbons (Fsp3) is 0.286. The van der Waals surface area contributed by atoms with E-state index in [2.05, 4.69) is 20.3 Å². The van der Waals surface area contributed by atoms with Crippen LogP contribution in [0.5, 0.6) is 0 Å². The van der Waals surface area contributed by atoms with Gasteiger partial charge in [0, 0.05) is 23.1 Å².